The van der Waals surface area contributed by atoms with E-state index >= 15 is 0 Å². The second-order valence-corrected chi connectivity index (χ2v) is 4.85. The van der Waals surface area contributed by atoms with Gasteiger partial charge in [0.05, 0.1) is 11.6 Å². The van der Waals surface area contributed by atoms with Gasteiger partial charge in [-0.1, -0.05) is 29.8 Å². The monoisotopic (exact) mass is 284 g/mol. The molecule has 0 radical (unpaired) electrons. The summed E-state index contributed by atoms with van der Waals surface area (Å²) in [6.45, 7) is 0.443. The van der Waals surface area contributed by atoms with Crippen molar-refractivity contribution in [1.29, 1.82) is 5.26 Å². The minimum Gasteiger partial charge on any atom is -0.337 e. The third-order valence-electron chi connectivity index (χ3n) is 2.97. The Kier molecular flexibility index (Phi) is 4.39. The van der Waals surface area contributed by atoms with E-state index in [1.54, 1.807) is 42.3 Å². The van der Waals surface area contributed by atoms with Crippen molar-refractivity contribution in [2.24, 2.45) is 0 Å². The topological polar surface area (TPSA) is 44.1 Å². The van der Waals surface area contributed by atoms with Gasteiger partial charge >= 0.3 is 0 Å². The molecule has 0 unspecified atom stereocenters. The van der Waals surface area contributed by atoms with E-state index in [4.69, 9.17) is 16.9 Å². The average molecular weight is 285 g/mol. The Hall–Kier alpha value is -2.31. The fraction of sp³-hybridized carbons (Fsp3) is 0.125. The summed E-state index contributed by atoms with van der Waals surface area (Å²) in [5, 5.41) is 9.39. The first-order valence-electron chi connectivity index (χ1n) is 6.11. The molecule has 0 aromatic heterocycles. The van der Waals surface area contributed by atoms with E-state index in [-0.39, 0.29) is 5.91 Å². The first-order valence-corrected chi connectivity index (χ1v) is 6.48. The van der Waals surface area contributed by atoms with E-state index in [2.05, 4.69) is 0 Å². The summed E-state index contributed by atoms with van der Waals surface area (Å²) in [6.07, 6.45) is 0. The molecule has 0 aliphatic rings. The van der Waals surface area contributed by atoms with Crippen LogP contribution in [0.3, 0.4) is 0 Å². The zero-order valence-corrected chi connectivity index (χ0v) is 11.8. The molecule has 0 aliphatic heterocycles. The summed E-state index contributed by atoms with van der Waals surface area (Å²) >= 11 is 6.08. The lowest BCUT2D eigenvalue weighted by Gasteiger charge is -2.18. The Bertz CT molecular complexity index is 659. The molecular weight excluding hydrogens is 272 g/mol. The van der Waals surface area contributed by atoms with E-state index in [0.717, 1.165) is 5.56 Å². The zero-order valence-electron chi connectivity index (χ0n) is 11.0. The van der Waals surface area contributed by atoms with Crippen molar-refractivity contribution < 1.29 is 4.79 Å². The summed E-state index contributed by atoms with van der Waals surface area (Å²) in [5.74, 6) is -0.102. The van der Waals surface area contributed by atoms with E-state index in [1.807, 2.05) is 24.3 Å². The van der Waals surface area contributed by atoms with Gasteiger partial charge in [-0.25, -0.2) is 0 Å². The van der Waals surface area contributed by atoms with Crippen LogP contribution in [0.1, 0.15) is 21.5 Å². The highest BCUT2D eigenvalue weighted by Crippen LogP contribution is 2.17. The second kappa shape index (κ2) is 6.23. The van der Waals surface area contributed by atoms with Gasteiger partial charge in [-0.05, 0) is 35.9 Å². The van der Waals surface area contributed by atoms with Crippen LogP contribution in [0.5, 0.6) is 0 Å². The summed E-state index contributed by atoms with van der Waals surface area (Å²) in [6, 6.07) is 16.1. The van der Waals surface area contributed by atoms with Gasteiger partial charge in [0.25, 0.3) is 5.91 Å². The molecule has 2 aromatic carbocycles. The van der Waals surface area contributed by atoms with Crippen molar-refractivity contribution in [2.75, 3.05) is 7.05 Å². The minimum absolute atomic E-state index is 0.102. The number of nitrogens with zero attached hydrogens (tertiary/aromatic N) is 2. The maximum absolute atomic E-state index is 12.3. The van der Waals surface area contributed by atoms with Crippen LogP contribution in [-0.4, -0.2) is 17.9 Å². The van der Waals surface area contributed by atoms with Gasteiger partial charge in [-0.15, -0.1) is 0 Å². The molecule has 20 heavy (non-hydrogen) atoms. The van der Waals surface area contributed by atoms with Crippen molar-refractivity contribution in [2.45, 2.75) is 6.54 Å². The molecule has 0 saturated carbocycles. The summed E-state index contributed by atoms with van der Waals surface area (Å²) in [5.41, 5.74) is 1.99. The molecule has 0 saturated heterocycles. The molecule has 3 nitrogen and oxygen atoms in total. The van der Waals surface area contributed by atoms with Crippen molar-refractivity contribution in [3.63, 3.8) is 0 Å². The lowest BCUT2D eigenvalue weighted by molar-refractivity contribution is 0.0785. The van der Waals surface area contributed by atoms with Crippen LogP contribution < -0.4 is 0 Å². The van der Waals surface area contributed by atoms with Crippen LogP contribution >= 0.6 is 11.6 Å². The molecule has 0 heterocycles. The fourth-order valence-corrected chi connectivity index (χ4v) is 2.06. The quantitative estimate of drug-likeness (QED) is 0.866. The van der Waals surface area contributed by atoms with Gasteiger partial charge < -0.3 is 4.90 Å². The maximum atomic E-state index is 12.3. The highest BCUT2D eigenvalue weighted by atomic mass is 35.5. The van der Waals surface area contributed by atoms with Crippen LogP contribution in [0.25, 0.3) is 0 Å². The summed E-state index contributed by atoms with van der Waals surface area (Å²) in [7, 11) is 1.73. The number of nitriles is 1. The van der Waals surface area contributed by atoms with Crippen LogP contribution in [-0.2, 0) is 6.54 Å². The molecule has 2 rings (SSSR count). The van der Waals surface area contributed by atoms with Gasteiger partial charge in [0.15, 0.2) is 0 Å². The van der Waals surface area contributed by atoms with Crippen LogP contribution in [0.4, 0.5) is 0 Å². The van der Waals surface area contributed by atoms with Crippen molar-refractivity contribution in [3.8, 4) is 6.07 Å². The lowest BCUT2D eigenvalue weighted by Crippen LogP contribution is -2.26. The van der Waals surface area contributed by atoms with Gasteiger partial charge in [0.2, 0.25) is 0 Å². The van der Waals surface area contributed by atoms with Crippen molar-refractivity contribution in [1.82, 2.24) is 4.90 Å². The zero-order chi connectivity index (χ0) is 14.5. The Balaban J connectivity index is 2.12. The first-order chi connectivity index (χ1) is 9.61. The van der Waals surface area contributed by atoms with E-state index < -0.39 is 0 Å². The Labute approximate surface area is 123 Å². The first kappa shape index (κ1) is 14.1. The normalized spacial score (nSPS) is 9.85. The van der Waals surface area contributed by atoms with Gasteiger partial charge in [-0.2, -0.15) is 5.26 Å². The molecule has 0 N–H and O–H groups in total. The number of halogens is 1. The Morgan fingerprint density at radius 3 is 2.45 bits per heavy atom. The molecule has 0 aliphatic carbocycles. The molecule has 0 fully saturated rings. The smallest absolute Gasteiger partial charge is 0.253 e. The van der Waals surface area contributed by atoms with E-state index in [1.165, 1.54) is 0 Å². The molecule has 0 atom stereocenters. The maximum Gasteiger partial charge on any atom is 0.253 e. The molecule has 0 bridgehead atoms. The third-order valence-corrected chi connectivity index (χ3v) is 3.34. The molecule has 100 valence electrons. The number of carbonyl (C=O) groups excluding carboxylic acids is 1. The van der Waals surface area contributed by atoms with Gasteiger partial charge in [-0.3, -0.25) is 4.79 Å². The van der Waals surface area contributed by atoms with Crippen molar-refractivity contribution in [3.05, 3.63) is 70.2 Å². The highest BCUT2D eigenvalue weighted by molar-refractivity contribution is 6.31. The van der Waals surface area contributed by atoms with E-state index in [9.17, 15) is 4.79 Å². The summed E-state index contributed by atoms with van der Waals surface area (Å²) in [4.78, 5) is 13.9. The van der Waals surface area contributed by atoms with Crippen LogP contribution in [0.15, 0.2) is 48.5 Å². The molecule has 2 aromatic rings. The van der Waals surface area contributed by atoms with Crippen molar-refractivity contribution >= 4 is 17.5 Å². The molecular formula is C16H13ClN2O. The number of rotatable bonds is 3. The highest BCUT2D eigenvalue weighted by Gasteiger charge is 2.13. The van der Waals surface area contributed by atoms with Crippen LogP contribution in [0, 0.1) is 11.3 Å². The Morgan fingerprint density at radius 1 is 1.20 bits per heavy atom. The largest absolute Gasteiger partial charge is 0.337 e. The number of benzene rings is 2. The SMILES string of the molecule is CN(Cc1ccccc1Cl)C(=O)c1ccc(C#N)cc1. The number of amides is 1. The minimum atomic E-state index is -0.102. The number of hydrogen-bond donors (Lipinski definition) is 0. The predicted octanol–water partition coefficient (Wildman–Crippen LogP) is 3.48. The molecule has 0 spiro atoms. The number of hydrogen-bond acceptors (Lipinski definition) is 2. The molecule has 1 amide bonds. The lowest BCUT2D eigenvalue weighted by atomic mass is 10.1. The molecule has 4 heteroatoms. The fourth-order valence-electron chi connectivity index (χ4n) is 1.86. The second-order valence-electron chi connectivity index (χ2n) is 4.44. The van der Waals surface area contributed by atoms with Gasteiger partial charge in [0, 0.05) is 24.2 Å². The van der Waals surface area contributed by atoms with Gasteiger partial charge in [0.1, 0.15) is 0 Å². The predicted molar refractivity (Wildman–Crippen MR) is 78.4 cm³/mol. The average Bonchev–Trinajstić information content (AvgIpc) is 2.49. The summed E-state index contributed by atoms with van der Waals surface area (Å²) < 4.78 is 0. The number of carbonyl (C=O) groups is 1. The third kappa shape index (κ3) is 3.17. The standard InChI is InChI=1S/C16H13ClN2O/c1-19(11-14-4-2-3-5-15(14)17)16(20)13-8-6-12(10-18)7-9-13/h2-9H,11H2,1H3. The Morgan fingerprint density at radius 2 is 1.85 bits per heavy atom. The van der Waals surface area contributed by atoms with Crippen LogP contribution in [0.2, 0.25) is 5.02 Å². The van der Waals surface area contributed by atoms with E-state index in [0.29, 0.717) is 22.7 Å².